The first-order valence-electron chi connectivity index (χ1n) is 10.9. The number of hydrogen-bond acceptors (Lipinski definition) is 4. The fraction of sp³-hybridized carbons (Fsp3) is 0.375. The second-order valence-electron chi connectivity index (χ2n) is 8.18. The van der Waals surface area contributed by atoms with E-state index in [1.807, 2.05) is 29.2 Å². The molecule has 2 aromatic carbocycles. The lowest BCUT2D eigenvalue weighted by atomic mass is 10.1. The van der Waals surface area contributed by atoms with Crippen molar-refractivity contribution in [2.24, 2.45) is 7.05 Å². The predicted octanol–water partition coefficient (Wildman–Crippen LogP) is 4.06. The summed E-state index contributed by atoms with van der Waals surface area (Å²) in [6.07, 6.45) is 0.972. The lowest BCUT2D eigenvalue weighted by Gasteiger charge is -2.38. The predicted molar refractivity (Wildman–Crippen MR) is 128 cm³/mol. The Morgan fingerprint density at radius 3 is 2.47 bits per heavy atom. The fourth-order valence-corrected chi connectivity index (χ4v) is 4.31. The Morgan fingerprint density at radius 2 is 1.81 bits per heavy atom. The van der Waals surface area contributed by atoms with Crippen LogP contribution in [-0.4, -0.2) is 51.6 Å². The van der Waals surface area contributed by atoms with Crippen LogP contribution in [0.1, 0.15) is 31.3 Å². The minimum atomic E-state index is -0.105. The molecule has 1 aromatic heterocycles. The summed E-state index contributed by atoms with van der Waals surface area (Å²) in [5.74, 6) is 0.707. The van der Waals surface area contributed by atoms with Gasteiger partial charge in [-0.2, -0.15) is 0 Å². The number of carbonyl (C=O) groups excluding carboxylic acids is 1. The van der Waals surface area contributed by atoms with Crippen molar-refractivity contribution in [1.29, 1.82) is 0 Å². The third-order valence-corrected chi connectivity index (χ3v) is 6.44. The summed E-state index contributed by atoms with van der Waals surface area (Å²) in [6.45, 7) is 6.79. The van der Waals surface area contributed by atoms with Crippen molar-refractivity contribution in [3.05, 3.63) is 69.2 Å². The number of anilines is 1. The van der Waals surface area contributed by atoms with E-state index in [4.69, 9.17) is 16.6 Å². The van der Waals surface area contributed by atoms with E-state index in [0.29, 0.717) is 47.9 Å². The standard InChI is InChI=1S/C24H28ClN5O2/c1-4-17-5-8-19(9-6-17)26-24(32)30-13-11-29(12-14-30)16(2)22-27-21-10-7-18(25)15-20(21)23(31)28(22)3/h5-10,15-16H,4,11-14H2,1-3H3,(H,26,32). The number of aryl methyl sites for hydroxylation is 1. The maximum atomic E-state index is 12.8. The molecule has 3 aromatic rings. The van der Waals surface area contributed by atoms with Crippen LogP contribution in [0.25, 0.3) is 10.9 Å². The highest BCUT2D eigenvalue weighted by Gasteiger charge is 2.27. The summed E-state index contributed by atoms with van der Waals surface area (Å²) in [6, 6.07) is 13.0. The molecule has 1 atom stereocenters. The molecule has 1 unspecified atom stereocenters. The number of rotatable bonds is 4. The van der Waals surface area contributed by atoms with Gasteiger partial charge in [-0.05, 0) is 49.2 Å². The molecule has 1 N–H and O–H groups in total. The first kappa shape index (κ1) is 22.3. The van der Waals surface area contributed by atoms with Gasteiger partial charge in [0, 0.05) is 43.9 Å². The summed E-state index contributed by atoms with van der Waals surface area (Å²) < 4.78 is 1.60. The number of halogens is 1. The molecule has 1 aliphatic heterocycles. The third kappa shape index (κ3) is 4.49. The number of carbonyl (C=O) groups is 1. The van der Waals surface area contributed by atoms with E-state index in [0.717, 1.165) is 12.1 Å². The van der Waals surface area contributed by atoms with Crippen LogP contribution in [-0.2, 0) is 13.5 Å². The number of hydrogen-bond donors (Lipinski definition) is 1. The van der Waals surface area contributed by atoms with E-state index >= 15 is 0 Å². The number of benzene rings is 2. The smallest absolute Gasteiger partial charge is 0.321 e. The van der Waals surface area contributed by atoms with Gasteiger partial charge < -0.3 is 10.2 Å². The van der Waals surface area contributed by atoms with Gasteiger partial charge >= 0.3 is 6.03 Å². The molecule has 8 heteroatoms. The average molecular weight is 454 g/mol. The molecule has 1 fully saturated rings. The zero-order valence-electron chi connectivity index (χ0n) is 18.6. The molecule has 2 amide bonds. The van der Waals surface area contributed by atoms with Crippen molar-refractivity contribution in [3.63, 3.8) is 0 Å². The van der Waals surface area contributed by atoms with Gasteiger partial charge in [-0.3, -0.25) is 14.3 Å². The van der Waals surface area contributed by atoms with Gasteiger partial charge in [0.2, 0.25) is 0 Å². The molecule has 0 saturated carbocycles. The summed E-state index contributed by atoms with van der Waals surface area (Å²) in [7, 11) is 1.75. The highest BCUT2D eigenvalue weighted by atomic mass is 35.5. The quantitative estimate of drug-likeness (QED) is 0.646. The van der Waals surface area contributed by atoms with E-state index in [1.54, 1.807) is 29.8 Å². The summed E-state index contributed by atoms with van der Waals surface area (Å²) in [5.41, 5.74) is 2.58. The number of urea groups is 1. The van der Waals surface area contributed by atoms with Gasteiger partial charge in [-0.15, -0.1) is 0 Å². The number of aromatic nitrogens is 2. The summed E-state index contributed by atoms with van der Waals surface area (Å²) >= 11 is 6.05. The molecule has 0 spiro atoms. The van der Waals surface area contributed by atoms with E-state index in [9.17, 15) is 9.59 Å². The maximum Gasteiger partial charge on any atom is 0.321 e. The molecule has 0 radical (unpaired) electrons. The second kappa shape index (κ2) is 9.30. The van der Waals surface area contributed by atoms with E-state index in [-0.39, 0.29) is 17.6 Å². The monoisotopic (exact) mass is 453 g/mol. The van der Waals surface area contributed by atoms with Crippen LogP contribution in [0, 0.1) is 0 Å². The zero-order valence-corrected chi connectivity index (χ0v) is 19.4. The first-order valence-corrected chi connectivity index (χ1v) is 11.3. The van der Waals surface area contributed by atoms with Gasteiger partial charge in [0.1, 0.15) is 5.82 Å². The largest absolute Gasteiger partial charge is 0.322 e. The molecule has 32 heavy (non-hydrogen) atoms. The third-order valence-electron chi connectivity index (χ3n) is 6.21. The minimum absolute atomic E-state index is 0.0559. The molecular weight excluding hydrogens is 426 g/mol. The molecule has 7 nitrogen and oxygen atoms in total. The Kier molecular flexibility index (Phi) is 6.48. The highest BCUT2D eigenvalue weighted by Crippen LogP contribution is 2.22. The molecule has 1 saturated heterocycles. The first-order chi connectivity index (χ1) is 15.4. The minimum Gasteiger partial charge on any atom is -0.322 e. The number of fused-ring (bicyclic) bond motifs is 1. The second-order valence-corrected chi connectivity index (χ2v) is 8.61. The van der Waals surface area contributed by atoms with Gasteiger partial charge in [0.15, 0.2) is 0 Å². The molecular formula is C24H28ClN5O2. The van der Waals surface area contributed by atoms with E-state index in [2.05, 4.69) is 24.1 Å². The van der Waals surface area contributed by atoms with Crippen molar-refractivity contribution >= 4 is 34.2 Å². The number of amides is 2. The van der Waals surface area contributed by atoms with E-state index < -0.39 is 0 Å². The Bertz CT molecular complexity index is 1180. The maximum absolute atomic E-state index is 12.8. The molecule has 0 aliphatic carbocycles. The van der Waals surface area contributed by atoms with Crippen LogP contribution in [0.3, 0.4) is 0 Å². The number of piperazine rings is 1. The zero-order chi connectivity index (χ0) is 22.8. The van der Waals surface area contributed by atoms with Crippen molar-refractivity contribution < 1.29 is 4.79 Å². The lowest BCUT2D eigenvalue weighted by Crippen LogP contribution is -2.51. The molecule has 0 bridgehead atoms. The molecule has 168 valence electrons. The van der Waals surface area contributed by atoms with Gasteiger partial charge in [-0.1, -0.05) is 30.7 Å². The van der Waals surface area contributed by atoms with Crippen molar-refractivity contribution in [2.75, 3.05) is 31.5 Å². The van der Waals surface area contributed by atoms with Gasteiger partial charge in [-0.25, -0.2) is 9.78 Å². The van der Waals surface area contributed by atoms with Crippen molar-refractivity contribution in [1.82, 2.24) is 19.4 Å². The van der Waals surface area contributed by atoms with Gasteiger partial charge in [0.05, 0.1) is 16.9 Å². The van der Waals surface area contributed by atoms with Crippen LogP contribution in [0.4, 0.5) is 10.5 Å². The highest BCUT2D eigenvalue weighted by molar-refractivity contribution is 6.31. The van der Waals surface area contributed by atoms with E-state index in [1.165, 1.54) is 5.56 Å². The van der Waals surface area contributed by atoms with Crippen molar-refractivity contribution in [3.8, 4) is 0 Å². The molecule has 4 rings (SSSR count). The molecule has 2 heterocycles. The lowest BCUT2D eigenvalue weighted by molar-refractivity contribution is 0.114. The van der Waals surface area contributed by atoms with Crippen LogP contribution >= 0.6 is 11.6 Å². The van der Waals surface area contributed by atoms with Crippen LogP contribution in [0.15, 0.2) is 47.3 Å². The summed E-state index contributed by atoms with van der Waals surface area (Å²) in [4.78, 5) is 34.3. The fourth-order valence-electron chi connectivity index (χ4n) is 4.14. The topological polar surface area (TPSA) is 70.5 Å². The van der Waals surface area contributed by atoms with Crippen molar-refractivity contribution in [2.45, 2.75) is 26.3 Å². The SMILES string of the molecule is CCc1ccc(NC(=O)N2CCN(C(C)c3nc4ccc(Cl)cc4c(=O)n3C)CC2)cc1. The Hall–Kier alpha value is -2.90. The average Bonchev–Trinajstić information content (AvgIpc) is 2.82. The van der Waals surface area contributed by atoms with Crippen LogP contribution < -0.4 is 10.9 Å². The Balaban J connectivity index is 1.42. The Labute approximate surface area is 192 Å². The molecule has 1 aliphatic rings. The van der Waals surface area contributed by atoms with Crippen LogP contribution in [0.2, 0.25) is 5.02 Å². The summed E-state index contributed by atoms with van der Waals surface area (Å²) in [5, 5.41) is 4.02. The van der Waals surface area contributed by atoms with Gasteiger partial charge in [0.25, 0.3) is 5.56 Å². The number of nitrogens with zero attached hydrogens (tertiary/aromatic N) is 4. The van der Waals surface area contributed by atoms with Crippen LogP contribution in [0.5, 0.6) is 0 Å². The Morgan fingerprint density at radius 1 is 1.12 bits per heavy atom. The number of nitrogens with one attached hydrogen (secondary N) is 1. The normalized spacial score (nSPS) is 15.7.